The molecule has 0 saturated heterocycles. The molecule has 4 atom stereocenters. The van der Waals surface area contributed by atoms with E-state index in [9.17, 15) is 4.79 Å². The predicted octanol–water partition coefficient (Wildman–Crippen LogP) is 7.65. The number of hydrogen-bond acceptors (Lipinski definition) is 2. The summed E-state index contributed by atoms with van der Waals surface area (Å²) in [6, 6.07) is 22.0. The van der Waals surface area contributed by atoms with Gasteiger partial charge in [0.1, 0.15) is 6.29 Å². The molecule has 4 unspecified atom stereocenters. The van der Waals surface area contributed by atoms with Crippen molar-refractivity contribution >= 4 is 25.0 Å². The van der Waals surface area contributed by atoms with Crippen molar-refractivity contribution in [2.24, 2.45) is 28.6 Å². The quantitative estimate of drug-likeness (QED) is 0.244. The lowest BCUT2D eigenvalue weighted by atomic mass is 9.59. The van der Waals surface area contributed by atoms with Gasteiger partial charge in [0, 0.05) is 12.0 Å². The van der Waals surface area contributed by atoms with E-state index in [1.165, 1.54) is 16.7 Å². The molecule has 3 rings (SSSR count). The molecule has 0 aromatic heterocycles. The number of carbonyl (C=O) groups excluding carboxylic acids is 1. The Morgan fingerprint density at radius 2 is 1.42 bits per heavy atom. The average Bonchev–Trinajstić information content (AvgIpc) is 3.08. The van der Waals surface area contributed by atoms with Gasteiger partial charge in [0.15, 0.2) is 0 Å². The highest BCUT2D eigenvalue weighted by Gasteiger charge is 2.54. The number of carbonyl (C=O) groups is 1. The monoisotopic (exact) mass is 506 g/mol. The van der Waals surface area contributed by atoms with Crippen molar-refractivity contribution < 1.29 is 9.22 Å². The van der Waals surface area contributed by atoms with Gasteiger partial charge in [-0.25, -0.2) is 0 Å². The van der Waals surface area contributed by atoms with Crippen LogP contribution < -0.4 is 10.4 Å². The third-order valence-electron chi connectivity index (χ3n) is 10.00. The fourth-order valence-electron chi connectivity index (χ4n) is 6.86. The number of benzene rings is 2. The lowest BCUT2D eigenvalue weighted by Gasteiger charge is -2.47. The van der Waals surface area contributed by atoms with Gasteiger partial charge in [-0.15, -0.1) is 0 Å². The van der Waals surface area contributed by atoms with E-state index in [1.54, 1.807) is 0 Å². The Morgan fingerprint density at radius 1 is 0.917 bits per heavy atom. The molecule has 3 heteroatoms. The van der Waals surface area contributed by atoms with Crippen molar-refractivity contribution in [1.82, 2.24) is 0 Å². The molecule has 1 saturated carbocycles. The highest BCUT2D eigenvalue weighted by molar-refractivity contribution is 6.99. The molecule has 0 amide bonds. The van der Waals surface area contributed by atoms with Crippen LogP contribution in [0.25, 0.3) is 0 Å². The van der Waals surface area contributed by atoms with Crippen LogP contribution in [-0.4, -0.2) is 20.7 Å². The number of aldehydes is 1. The van der Waals surface area contributed by atoms with Crippen molar-refractivity contribution in [2.75, 3.05) is 0 Å². The maximum absolute atomic E-state index is 11.8. The molecular formula is C33H50O2Si. The summed E-state index contributed by atoms with van der Waals surface area (Å²) < 4.78 is 7.56. The third kappa shape index (κ3) is 5.16. The summed E-state index contributed by atoms with van der Waals surface area (Å²) in [5.74, 6) is 1.12. The molecule has 0 aliphatic heterocycles. The first-order chi connectivity index (χ1) is 16.8. The zero-order valence-corrected chi connectivity index (χ0v) is 25.3. The molecule has 1 fully saturated rings. The largest absolute Gasteiger partial charge is 0.404 e. The van der Waals surface area contributed by atoms with Crippen molar-refractivity contribution in [3.8, 4) is 0 Å². The SMILES string of the molecule is CC(C)C(CCC(C)C1(C)CCC(C=O)C1(C)C)O[Si](c1ccccc1)(c1ccccc1)C(C)(C)C. The summed E-state index contributed by atoms with van der Waals surface area (Å²) in [6.07, 6.45) is 5.69. The van der Waals surface area contributed by atoms with Crippen LogP contribution in [0.3, 0.4) is 0 Å². The molecule has 36 heavy (non-hydrogen) atoms. The zero-order valence-electron chi connectivity index (χ0n) is 24.3. The van der Waals surface area contributed by atoms with Gasteiger partial charge in [0.25, 0.3) is 8.32 Å². The van der Waals surface area contributed by atoms with Crippen LogP contribution in [0.1, 0.15) is 88.0 Å². The van der Waals surface area contributed by atoms with Crippen LogP contribution in [0.15, 0.2) is 60.7 Å². The van der Waals surface area contributed by atoms with Gasteiger partial charge in [0.2, 0.25) is 0 Å². The number of hydrogen-bond donors (Lipinski definition) is 0. The van der Waals surface area contributed by atoms with Crippen molar-refractivity contribution in [3.63, 3.8) is 0 Å². The minimum absolute atomic E-state index is 0.0228. The Bertz CT molecular complexity index is 936. The van der Waals surface area contributed by atoms with Crippen LogP contribution in [-0.2, 0) is 9.22 Å². The Labute approximate surface area is 222 Å². The summed E-state index contributed by atoms with van der Waals surface area (Å²) >= 11 is 0. The molecule has 0 spiro atoms. The van der Waals surface area contributed by atoms with Crippen molar-refractivity contribution in [2.45, 2.75) is 99.1 Å². The summed E-state index contributed by atoms with van der Waals surface area (Å²) in [7, 11) is -2.59. The second kappa shape index (κ2) is 11.0. The fourth-order valence-corrected chi connectivity index (χ4v) is 11.7. The van der Waals surface area contributed by atoms with Crippen molar-refractivity contribution in [3.05, 3.63) is 60.7 Å². The first kappa shape index (κ1) is 28.9. The van der Waals surface area contributed by atoms with Crippen molar-refractivity contribution in [1.29, 1.82) is 0 Å². The van der Waals surface area contributed by atoms with Crippen LogP contribution in [0.5, 0.6) is 0 Å². The van der Waals surface area contributed by atoms with Gasteiger partial charge < -0.3 is 9.22 Å². The van der Waals surface area contributed by atoms with Crippen LogP contribution in [0.4, 0.5) is 0 Å². The summed E-state index contributed by atoms with van der Waals surface area (Å²) in [4.78, 5) is 11.8. The maximum Gasteiger partial charge on any atom is 0.261 e. The molecule has 1 aliphatic rings. The minimum atomic E-state index is -2.59. The van der Waals surface area contributed by atoms with Gasteiger partial charge >= 0.3 is 0 Å². The lowest BCUT2D eigenvalue weighted by Crippen LogP contribution is -2.68. The van der Waals surface area contributed by atoms with E-state index < -0.39 is 8.32 Å². The fraction of sp³-hybridized carbons (Fsp3) is 0.606. The molecule has 0 radical (unpaired) electrons. The molecule has 2 aromatic carbocycles. The molecule has 0 N–H and O–H groups in total. The normalized spacial score (nSPS) is 24.0. The Morgan fingerprint density at radius 3 is 1.81 bits per heavy atom. The van der Waals surface area contributed by atoms with E-state index in [0.717, 1.165) is 25.7 Å². The highest BCUT2D eigenvalue weighted by Crippen LogP contribution is 2.59. The van der Waals surface area contributed by atoms with E-state index in [-0.39, 0.29) is 27.9 Å². The Kier molecular flexibility index (Phi) is 8.78. The zero-order chi connectivity index (χ0) is 26.8. The van der Waals surface area contributed by atoms with Crippen LogP contribution in [0.2, 0.25) is 5.04 Å². The van der Waals surface area contributed by atoms with E-state index in [4.69, 9.17) is 4.43 Å². The van der Waals surface area contributed by atoms with Gasteiger partial charge in [-0.1, -0.05) is 123 Å². The smallest absolute Gasteiger partial charge is 0.261 e. The lowest BCUT2D eigenvalue weighted by molar-refractivity contribution is -0.115. The van der Waals surface area contributed by atoms with Gasteiger partial charge in [-0.05, 0) is 63.8 Å². The summed E-state index contributed by atoms with van der Waals surface area (Å²) in [6.45, 7) is 21.2. The summed E-state index contributed by atoms with van der Waals surface area (Å²) in [5, 5.41) is 2.67. The van der Waals surface area contributed by atoms with E-state index in [2.05, 4.69) is 123 Å². The molecule has 1 aliphatic carbocycles. The van der Waals surface area contributed by atoms with Gasteiger partial charge in [-0.2, -0.15) is 0 Å². The predicted molar refractivity (Wildman–Crippen MR) is 156 cm³/mol. The van der Waals surface area contributed by atoms with Crippen LogP contribution in [0, 0.1) is 28.6 Å². The summed E-state index contributed by atoms with van der Waals surface area (Å²) in [5.41, 5.74) is 0.192. The van der Waals surface area contributed by atoms with Crippen LogP contribution >= 0.6 is 0 Å². The first-order valence-electron chi connectivity index (χ1n) is 14.1. The third-order valence-corrected chi connectivity index (χ3v) is 15.1. The molecule has 2 nitrogen and oxygen atoms in total. The molecule has 0 heterocycles. The second-order valence-corrected chi connectivity index (χ2v) is 17.7. The molecular weight excluding hydrogens is 456 g/mol. The molecule has 2 aromatic rings. The molecule has 198 valence electrons. The van der Waals surface area contributed by atoms with E-state index in [1.807, 2.05) is 0 Å². The highest BCUT2D eigenvalue weighted by atomic mass is 28.4. The van der Waals surface area contributed by atoms with E-state index in [0.29, 0.717) is 11.8 Å². The standard InChI is InChI=1S/C33H50O2Si/c1-25(2)30(21-20-26(3)33(9)23-22-27(24-34)32(33,7)8)35-36(31(4,5)6,28-16-12-10-13-17-28)29-18-14-11-15-19-29/h10-19,24-27,30H,20-23H2,1-9H3. The number of rotatable bonds is 10. The minimum Gasteiger partial charge on any atom is -0.404 e. The Balaban J connectivity index is 1.95. The average molecular weight is 507 g/mol. The molecule has 0 bridgehead atoms. The topological polar surface area (TPSA) is 26.3 Å². The van der Waals surface area contributed by atoms with E-state index >= 15 is 0 Å². The maximum atomic E-state index is 11.8. The Hall–Kier alpha value is -1.71. The van der Waals surface area contributed by atoms with Gasteiger partial charge in [-0.3, -0.25) is 0 Å². The second-order valence-electron chi connectivity index (χ2n) is 13.5. The first-order valence-corrected chi connectivity index (χ1v) is 16.0. The van der Waals surface area contributed by atoms with Gasteiger partial charge in [0.05, 0.1) is 0 Å².